The second kappa shape index (κ2) is 10.3. The van der Waals surface area contributed by atoms with Gasteiger partial charge in [0.05, 0.1) is 11.1 Å². The number of rotatable bonds is 5. The number of carbonyl (C=O) groups is 2. The molecule has 6 heteroatoms. The van der Waals surface area contributed by atoms with Crippen molar-refractivity contribution in [2.45, 2.75) is 65.7 Å². The zero-order valence-electron chi connectivity index (χ0n) is 18.5. The van der Waals surface area contributed by atoms with Crippen molar-refractivity contribution < 1.29 is 14.4 Å². The highest BCUT2D eigenvalue weighted by Gasteiger charge is 2.34. The molecule has 5 nitrogen and oxygen atoms in total. The Labute approximate surface area is 189 Å². The molecule has 0 atom stereocenters. The van der Waals surface area contributed by atoms with Gasteiger partial charge in [-0.2, -0.15) is 0 Å². The Balaban J connectivity index is 1.66. The Morgan fingerprint density at radius 1 is 1.07 bits per heavy atom. The van der Waals surface area contributed by atoms with Gasteiger partial charge in [-0.05, 0) is 80.4 Å². The Kier molecular flexibility index (Phi) is 7.97. The topological polar surface area (TPSA) is 49.9 Å². The fourth-order valence-electron chi connectivity index (χ4n) is 4.27. The molecule has 2 fully saturated rings. The van der Waals surface area contributed by atoms with Gasteiger partial charge in [-0.25, -0.2) is 4.79 Å². The molecule has 0 radical (unpaired) electrons. The maximum absolute atomic E-state index is 13.6. The van der Waals surface area contributed by atoms with E-state index in [1.54, 1.807) is 5.06 Å². The molecule has 2 aliphatic rings. The van der Waals surface area contributed by atoms with Crippen LogP contribution in [0.2, 0.25) is 0 Å². The lowest BCUT2D eigenvalue weighted by molar-refractivity contribution is -0.205. The van der Waals surface area contributed by atoms with Crippen LogP contribution in [0.25, 0.3) is 0 Å². The van der Waals surface area contributed by atoms with Crippen LogP contribution in [0.1, 0.15) is 65.7 Å². The fraction of sp³-hybridized carbons (Fsp3) is 0.667. The summed E-state index contributed by atoms with van der Waals surface area (Å²) >= 11 is 3.65. The average molecular weight is 479 g/mol. The molecule has 1 aliphatic heterocycles. The quantitative estimate of drug-likeness (QED) is 0.554. The van der Waals surface area contributed by atoms with Gasteiger partial charge in [0.15, 0.2) is 0 Å². The number of amides is 1. The minimum atomic E-state index is -0.525. The number of para-hydroxylation sites is 1. The van der Waals surface area contributed by atoms with Gasteiger partial charge >= 0.3 is 5.97 Å². The molecule has 1 aromatic carbocycles. The van der Waals surface area contributed by atoms with E-state index in [1.807, 2.05) is 49.9 Å². The first-order valence-corrected chi connectivity index (χ1v) is 12.1. The summed E-state index contributed by atoms with van der Waals surface area (Å²) in [6, 6.07) is 8.02. The standard InChI is InChI=1S/C24H35BrN2O3/c1-24(2,3)23(29)30-26-15-13-19(14-16-26)22(28)27(17-18-9-5-4-6-10-18)21-12-8-7-11-20(21)25/h7-8,11-12,18-19H,4-6,9-10,13-17H2,1-3H3. The number of carbonyl (C=O) groups excluding carboxylic acids is 2. The van der Waals surface area contributed by atoms with Gasteiger partial charge in [0.2, 0.25) is 5.91 Å². The molecule has 30 heavy (non-hydrogen) atoms. The van der Waals surface area contributed by atoms with Gasteiger partial charge in [-0.3, -0.25) is 4.79 Å². The second-order valence-corrected chi connectivity index (χ2v) is 10.6. The van der Waals surface area contributed by atoms with Crippen molar-refractivity contribution in [3.8, 4) is 0 Å². The number of anilines is 1. The zero-order valence-corrected chi connectivity index (χ0v) is 20.1. The second-order valence-electron chi connectivity index (χ2n) is 9.74. The number of benzene rings is 1. The molecule has 3 rings (SSSR count). The molecule has 1 saturated carbocycles. The predicted octanol–water partition coefficient (Wildman–Crippen LogP) is 5.58. The summed E-state index contributed by atoms with van der Waals surface area (Å²) in [6.07, 6.45) is 7.67. The third-order valence-corrected chi connectivity index (χ3v) is 6.87. The summed E-state index contributed by atoms with van der Waals surface area (Å²) < 4.78 is 0.964. The molecule has 1 heterocycles. The first-order chi connectivity index (χ1) is 14.3. The van der Waals surface area contributed by atoms with Gasteiger partial charge in [0.25, 0.3) is 0 Å². The van der Waals surface area contributed by atoms with Crippen LogP contribution in [-0.2, 0) is 14.4 Å². The molecule has 0 aromatic heterocycles. The van der Waals surface area contributed by atoms with Crippen LogP contribution in [0.15, 0.2) is 28.7 Å². The van der Waals surface area contributed by atoms with Crippen molar-refractivity contribution in [1.82, 2.24) is 5.06 Å². The van der Waals surface area contributed by atoms with Crippen molar-refractivity contribution in [3.05, 3.63) is 28.7 Å². The van der Waals surface area contributed by atoms with E-state index in [4.69, 9.17) is 4.84 Å². The molecule has 1 aliphatic carbocycles. The maximum atomic E-state index is 13.6. The van der Waals surface area contributed by atoms with Crippen molar-refractivity contribution in [1.29, 1.82) is 0 Å². The van der Waals surface area contributed by atoms with Gasteiger partial charge in [0.1, 0.15) is 0 Å². The van der Waals surface area contributed by atoms with Crippen molar-refractivity contribution in [2.24, 2.45) is 17.3 Å². The number of hydrogen-bond donors (Lipinski definition) is 0. The van der Waals surface area contributed by atoms with Crippen LogP contribution in [0, 0.1) is 17.3 Å². The maximum Gasteiger partial charge on any atom is 0.330 e. The number of halogens is 1. The summed E-state index contributed by atoms with van der Waals surface area (Å²) in [5.41, 5.74) is 0.443. The van der Waals surface area contributed by atoms with Crippen molar-refractivity contribution >= 4 is 33.5 Å². The monoisotopic (exact) mass is 478 g/mol. The van der Waals surface area contributed by atoms with E-state index >= 15 is 0 Å². The molecule has 1 aromatic rings. The van der Waals surface area contributed by atoms with Gasteiger partial charge in [-0.15, -0.1) is 5.06 Å². The Morgan fingerprint density at radius 2 is 1.70 bits per heavy atom. The largest absolute Gasteiger partial charge is 0.367 e. The molecule has 0 unspecified atom stereocenters. The van der Waals surface area contributed by atoms with Crippen molar-refractivity contribution in [2.75, 3.05) is 24.5 Å². The summed E-state index contributed by atoms with van der Waals surface area (Å²) in [4.78, 5) is 33.3. The zero-order chi connectivity index (χ0) is 21.7. The third-order valence-electron chi connectivity index (χ3n) is 6.20. The molecule has 0 bridgehead atoms. The van der Waals surface area contributed by atoms with E-state index < -0.39 is 5.41 Å². The summed E-state index contributed by atoms with van der Waals surface area (Å²) in [5, 5.41) is 1.72. The minimum absolute atomic E-state index is 0.0368. The van der Waals surface area contributed by atoms with Crippen LogP contribution < -0.4 is 4.90 Å². The molecule has 1 amide bonds. The van der Waals surface area contributed by atoms with Gasteiger partial charge in [-0.1, -0.05) is 31.4 Å². The van der Waals surface area contributed by atoms with Crippen molar-refractivity contribution in [3.63, 3.8) is 0 Å². The molecule has 0 spiro atoms. The molecule has 166 valence electrons. The third kappa shape index (κ3) is 6.07. The molecule has 1 saturated heterocycles. The van der Waals surface area contributed by atoms with Gasteiger partial charge in [0, 0.05) is 30.0 Å². The van der Waals surface area contributed by atoms with Crippen LogP contribution >= 0.6 is 15.9 Å². The van der Waals surface area contributed by atoms with Gasteiger partial charge < -0.3 is 9.74 Å². The summed E-state index contributed by atoms with van der Waals surface area (Å²) in [7, 11) is 0. The Morgan fingerprint density at radius 3 is 2.30 bits per heavy atom. The SMILES string of the molecule is CC(C)(C)C(=O)ON1CCC(C(=O)N(CC2CCCCC2)c2ccccc2Br)CC1. The average Bonchev–Trinajstić information content (AvgIpc) is 2.73. The Bertz CT molecular complexity index is 732. The lowest BCUT2D eigenvalue weighted by Crippen LogP contribution is -2.45. The van der Waals surface area contributed by atoms with Crippen LogP contribution in [-0.4, -0.2) is 36.6 Å². The smallest absolute Gasteiger partial charge is 0.330 e. The molecular weight excluding hydrogens is 444 g/mol. The first-order valence-electron chi connectivity index (χ1n) is 11.3. The summed E-state index contributed by atoms with van der Waals surface area (Å²) in [6.45, 7) is 7.56. The van der Waals surface area contributed by atoms with E-state index in [0.717, 1.165) is 16.7 Å². The lowest BCUT2D eigenvalue weighted by atomic mass is 9.88. The summed E-state index contributed by atoms with van der Waals surface area (Å²) in [5.74, 6) is 0.515. The number of hydrogen-bond acceptors (Lipinski definition) is 4. The predicted molar refractivity (Wildman–Crippen MR) is 123 cm³/mol. The van der Waals surface area contributed by atoms with E-state index in [1.165, 1.54) is 32.1 Å². The van der Waals surface area contributed by atoms with E-state index in [2.05, 4.69) is 15.9 Å². The molecular formula is C24H35BrN2O3. The van der Waals surface area contributed by atoms with E-state index in [9.17, 15) is 9.59 Å². The highest BCUT2D eigenvalue weighted by Crippen LogP contribution is 2.33. The molecule has 0 N–H and O–H groups in total. The number of nitrogens with zero attached hydrogens (tertiary/aromatic N) is 2. The van der Waals surface area contributed by atoms with E-state index in [-0.39, 0.29) is 17.8 Å². The highest BCUT2D eigenvalue weighted by molar-refractivity contribution is 9.10. The minimum Gasteiger partial charge on any atom is -0.367 e. The van der Waals surface area contributed by atoms with Crippen LogP contribution in [0.5, 0.6) is 0 Å². The fourth-order valence-corrected chi connectivity index (χ4v) is 4.77. The number of piperidine rings is 1. The normalized spacial score (nSPS) is 19.5. The Hall–Kier alpha value is -1.40. The first kappa shape index (κ1) is 23.3. The van der Waals surface area contributed by atoms with E-state index in [0.29, 0.717) is 31.8 Å². The van der Waals surface area contributed by atoms with Crippen LogP contribution in [0.3, 0.4) is 0 Å². The highest BCUT2D eigenvalue weighted by atomic mass is 79.9. The lowest BCUT2D eigenvalue weighted by Gasteiger charge is -2.36. The number of hydroxylamine groups is 2. The van der Waals surface area contributed by atoms with Crippen LogP contribution in [0.4, 0.5) is 5.69 Å².